The quantitative estimate of drug-likeness (QED) is 0.110. The van der Waals surface area contributed by atoms with Gasteiger partial charge in [-0.3, -0.25) is 4.79 Å². The van der Waals surface area contributed by atoms with Gasteiger partial charge >= 0.3 is 6.09 Å². The number of hydrogen-bond donors (Lipinski definition) is 10. The summed E-state index contributed by atoms with van der Waals surface area (Å²) >= 11 is 0. The van der Waals surface area contributed by atoms with E-state index in [0.29, 0.717) is 0 Å². The highest BCUT2D eigenvalue weighted by Gasteiger charge is 2.47. The summed E-state index contributed by atoms with van der Waals surface area (Å²) in [6.07, 6.45) is -17.0. The molecule has 35 heavy (non-hydrogen) atoms. The Hall–Kier alpha value is -1.66. The second-order valence-corrected chi connectivity index (χ2v) is 9.06. The fraction of sp³-hybridized carbons (Fsp3) is 0.900. The lowest BCUT2D eigenvalue weighted by molar-refractivity contribution is -0.326. The van der Waals surface area contributed by atoms with Crippen LogP contribution in [0.25, 0.3) is 0 Å². The van der Waals surface area contributed by atoms with Gasteiger partial charge < -0.3 is 65.7 Å². The van der Waals surface area contributed by atoms with E-state index in [4.69, 9.17) is 14.2 Å². The van der Waals surface area contributed by atoms with E-state index < -0.39 is 85.9 Å². The second kappa shape index (κ2) is 14.2. The summed E-state index contributed by atoms with van der Waals surface area (Å²) < 4.78 is 15.4. The summed E-state index contributed by atoms with van der Waals surface area (Å²) in [5, 5.41) is 83.7. The lowest BCUT2D eigenvalue weighted by Crippen LogP contribution is -2.62. The van der Waals surface area contributed by atoms with E-state index in [1.165, 1.54) is 0 Å². The fourth-order valence-corrected chi connectivity index (χ4v) is 3.08. The van der Waals surface area contributed by atoms with E-state index in [9.17, 15) is 50.4 Å². The summed E-state index contributed by atoms with van der Waals surface area (Å²) in [7, 11) is 0. The first kappa shape index (κ1) is 31.4. The van der Waals surface area contributed by atoms with Gasteiger partial charge in [0.25, 0.3) is 5.91 Å². The lowest BCUT2D eigenvalue weighted by Gasteiger charge is -2.42. The van der Waals surface area contributed by atoms with Crippen LogP contribution in [0.4, 0.5) is 4.79 Å². The number of aliphatic hydroxyl groups excluding tert-OH is 8. The van der Waals surface area contributed by atoms with Crippen molar-refractivity contribution in [1.82, 2.24) is 10.6 Å². The van der Waals surface area contributed by atoms with Crippen molar-refractivity contribution in [3.8, 4) is 0 Å². The van der Waals surface area contributed by atoms with Crippen molar-refractivity contribution in [2.24, 2.45) is 0 Å². The monoisotopic (exact) mass is 514 g/mol. The van der Waals surface area contributed by atoms with Gasteiger partial charge in [0.2, 0.25) is 0 Å². The zero-order valence-electron chi connectivity index (χ0n) is 19.9. The largest absolute Gasteiger partial charge is 0.444 e. The molecule has 0 aromatic carbocycles. The Morgan fingerprint density at radius 3 is 2.11 bits per heavy atom. The normalized spacial score (nSPS) is 28.5. The van der Waals surface area contributed by atoms with E-state index in [1.807, 2.05) is 0 Å². The summed E-state index contributed by atoms with van der Waals surface area (Å²) in [4.78, 5) is 23.8. The molecule has 0 aliphatic carbocycles. The molecule has 1 aliphatic heterocycles. The first-order valence-electron chi connectivity index (χ1n) is 11.1. The van der Waals surface area contributed by atoms with Crippen LogP contribution in [-0.4, -0.2) is 140 Å². The van der Waals surface area contributed by atoms with Crippen molar-refractivity contribution < 1.29 is 64.7 Å². The molecule has 2 amide bonds. The molecule has 1 saturated heterocycles. The number of rotatable bonds is 12. The minimum absolute atomic E-state index is 0.0147. The summed E-state index contributed by atoms with van der Waals surface area (Å²) in [5.74, 6) is -1.07. The standard InChI is InChI=1S/C20H38N2O13/c1-20(2,3)35-19(32)22-6-4-5-21-17(31)14(29)13(28)16(9(25)7-23)34-18-15(30)12(27)11(26)10(8-24)33-18/h9-16,18,23-30H,4-8H2,1-3H3,(H,21,31)(H,22,32)/t9-,10?,11?,12?,13-,14-,15?,16-,18?/m1/s1. The molecule has 0 spiro atoms. The molecule has 1 heterocycles. The Balaban J connectivity index is 2.66. The average Bonchev–Trinajstić information content (AvgIpc) is 2.79. The van der Waals surface area contributed by atoms with Gasteiger partial charge in [0, 0.05) is 13.1 Å². The highest BCUT2D eigenvalue weighted by Crippen LogP contribution is 2.25. The Morgan fingerprint density at radius 2 is 1.57 bits per heavy atom. The van der Waals surface area contributed by atoms with Crippen molar-refractivity contribution in [3.63, 3.8) is 0 Å². The molecule has 15 nitrogen and oxygen atoms in total. The molecule has 9 atom stereocenters. The van der Waals surface area contributed by atoms with Crippen LogP contribution in [0.5, 0.6) is 0 Å². The van der Waals surface area contributed by atoms with Gasteiger partial charge in [0.15, 0.2) is 12.4 Å². The van der Waals surface area contributed by atoms with Crippen LogP contribution in [0.3, 0.4) is 0 Å². The minimum Gasteiger partial charge on any atom is -0.444 e. The number of ether oxygens (including phenoxy) is 3. The lowest BCUT2D eigenvalue weighted by atomic mass is 9.98. The maximum Gasteiger partial charge on any atom is 0.407 e. The summed E-state index contributed by atoms with van der Waals surface area (Å²) in [6.45, 7) is 3.46. The van der Waals surface area contributed by atoms with Crippen molar-refractivity contribution in [2.45, 2.75) is 87.9 Å². The molecule has 1 aliphatic rings. The SMILES string of the molecule is CC(C)(C)OC(=O)NCCCNC(=O)[C@H](O)[C@@H](O)[C@H](OC1OC(CO)C(O)C(O)C1O)[C@H](O)CO. The van der Waals surface area contributed by atoms with Gasteiger partial charge in [-0.25, -0.2) is 4.79 Å². The third-order valence-corrected chi connectivity index (χ3v) is 4.96. The van der Waals surface area contributed by atoms with Gasteiger partial charge in [-0.2, -0.15) is 0 Å². The van der Waals surface area contributed by atoms with Gasteiger partial charge in [-0.1, -0.05) is 0 Å². The number of nitrogens with one attached hydrogen (secondary N) is 2. The zero-order chi connectivity index (χ0) is 26.9. The number of alkyl carbamates (subject to hydrolysis) is 1. The predicted octanol–water partition coefficient (Wildman–Crippen LogP) is -4.72. The smallest absolute Gasteiger partial charge is 0.407 e. The van der Waals surface area contributed by atoms with E-state index in [1.54, 1.807) is 20.8 Å². The highest BCUT2D eigenvalue weighted by atomic mass is 16.7. The maximum atomic E-state index is 12.2. The van der Waals surface area contributed by atoms with Crippen molar-refractivity contribution in [2.75, 3.05) is 26.3 Å². The molecule has 0 radical (unpaired) electrons. The molecule has 0 bridgehead atoms. The third kappa shape index (κ3) is 9.72. The second-order valence-electron chi connectivity index (χ2n) is 9.06. The van der Waals surface area contributed by atoms with Gasteiger partial charge in [0.05, 0.1) is 13.2 Å². The molecule has 1 rings (SSSR count). The first-order valence-corrected chi connectivity index (χ1v) is 11.1. The number of carbonyl (C=O) groups excluding carboxylic acids is 2. The average molecular weight is 515 g/mol. The Kier molecular flexibility index (Phi) is 12.7. The molecule has 0 saturated carbocycles. The van der Waals surface area contributed by atoms with Crippen LogP contribution in [0.1, 0.15) is 27.2 Å². The van der Waals surface area contributed by atoms with E-state index in [2.05, 4.69) is 10.6 Å². The molecule has 5 unspecified atom stereocenters. The maximum absolute atomic E-state index is 12.2. The van der Waals surface area contributed by atoms with Crippen LogP contribution in [0, 0.1) is 0 Å². The minimum atomic E-state index is -2.16. The van der Waals surface area contributed by atoms with Gasteiger partial charge in [-0.15, -0.1) is 0 Å². The molecule has 1 fully saturated rings. The van der Waals surface area contributed by atoms with Crippen molar-refractivity contribution in [3.05, 3.63) is 0 Å². The summed E-state index contributed by atoms with van der Waals surface area (Å²) in [5.41, 5.74) is -0.675. The number of hydrogen-bond acceptors (Lipinski definition) is 13. The van der Waals surface area contributed by atoms with Crippen molar-refractivity contribution in [1.29, 1.82) is 0 Å². The molecule has 10 N–H and O–H groups in total. The highest BCUT2D eigenvalue weighted by molar-refractivity contribution is 5.81. The van der Waals surface area contributed by atoms with Gasteiger partial charge in [-0.05, 0) is 27.2 Å². The number of carbonyl (C=O) groups is 2. The van der Waals surface area contributed by atoms with Crippen molar-refractivity contribution >= 4 is 12.0 Å². The topological polar surface area (TPSA) is 248 Å². The number of aliphatic hydroxyl groups is 8. The molecule has 0 aromatic heterocycles. The Bertz CT molecular complexity index is 659. The predicted molar refractivity (Wildman–Crippen MR) is 116 cm³/mol. The van der Waals surface area contributed by atoms with E-state index in [0.717, 1.165) is 0 Å². The Labute approximate surface area is 202 Å². The van der Waals surface area contributed by atoms with Crippen LogP contribution >= 0.6 is 0 Å². The third-order valence-electron chi connectivity index (χ3n) is 4.96. The molecule has 206 valence electrons. The molecule has 0 aromatic rings. The van der Waals surface area contributed by atoms with E-state index in [-0.39, 0.29) is 19.5 Å². The van der Waals surface area contributed by atoms with Crippen LogP contribution in [0.15, 0.2) is 0 Å². The first-order chi connectivity index (χ1) is 16.2. The van der Waals surface area contributed by atoms with Crippen LogP contribution < -0.4 is 10.6 Å². The summed E-state index contributed by atoms with van der Waals surface area (Å²) in [6, 6.07) is 0. The van der Waals surface area contributed by atoms with Crippen LogP contribution in [0.2, 0.25) is 0 Å². The number of amides is 2. The zero-order valence-corrected chi connectivity index (χ0v) is 19.9. The Morgan fingerprint density at radius 1 is 0.971 bits per heavy atom. The van der Waals surface area contributed by atoms with Crippen LogP contribution in [-0.2, 0) is 19.0 Å². The molecular formula is C20H38N2O13. The molecular weight excluding hydrogens is 476 g/mol. The van der Waals surface area contributed by atoms with E-state index >= 15 is 0 Å². The van der Waals surface area contributed by atoms with Gasteiger partial charge in [0.1, 0.15) is 48.3 Å². The molecule has 15 heteroatoms. The fourth-order valence-electron chi connectivity index (χ4n) is 3.08.